The van der Waals surface area contributed by atoms with Gasteiger partial charge in [-0.05, 0) is 49.9 Å². The van der Waals surface area contributed by atoms with Crippen LogP contribution in [0.1, 0.15) is 42.9 Å². The Balaban J connectivity index is 1.47. The summed E-state index contributed by atoms with van der Waals surface area (Å²) in [6, 6.07) is 7.60. The minimum absolute atomic E-state index is 0.0607. The molecule has 0 saturated carbocycles. The summed E-state index contributed by atoms with van der Waals surface area (Å²) in [6.07, 6.45) is 3.94. The molecule has 4 rings (SSSR count). The van der Waals surface area contributed by atoms with Crippen LogP contribution in [-0.4, -0.2) is 53.7 Å². The lowest BCUT2D eigenvalue weighted by atomic mass is 9.98. The first kappa shape index (κ1) is 19.8. The van der Waals surface area contributed by atoms with Crippen molar-refractivity contribution >= 4 is 28.9 Å². The third-order valence-corrected chi connectivity index (χ3v) is 6.30. The number of piperidine rings is 1. The second-order valence-electron chi connectivity index (χ2n) is 7.32. The lowest BCUT2D eigenvalue weighted by molar-refractivity contribution is -0.150. The number of ether oxygens (including phenoxy) is 1. The van der Waals surface area contributed by atoms with E-state index in [-0.39, 0.29) is 30.4 Å². The number of hydrogen-bond donors (Lipinski definition) is 0. The zero-order valence-electron chi connectivity index (χ0n) is 16.5. The maximum atomic E-state index is 13.2. The van der Waals surface area contributed by atoms with Crippen molar-refractivity contribution in [2.45, 2.75) is 32.2 Å². The molecule has 2 aliphatic rings. The second-order valence-corrected chi connectivity index (χ2v) is 8.30. The highest BCUT2D eigenvalue weighted by molar-refractivity contribution is 7.10. The van der Waals surface area contributed by atoms with E-state index in [0.29, 0.717) is 25.3 Å². The summed E-state index contributed by atoms with van der Waals surface area (Å²) in [5.41, 5.74) is 0.782. The Bertz CT molecular complexity index is 863. The van der Waals surface area contributed by atoms with Crippen LogP contribution in [-0.2, 0) is 14.3 Å². The number of likely N-dealkylation sites (tertiary alicyclic amines) is 1. The molecule has 1 amide bonds. The number of thiophene rings is 1. The first-order valence-electron chi connectivity index (χ1n) is 10.0. The van der Waals surface area contributed by atoms with E-state index in [9.17, 15) is 9.59 Å². The molecule has 2 aromatic rings. The summed E-state index contributed by atoms with van der Waals surface area (Å²) < 4.78 is 10.7. The Labute approximate surface area is 173 Å². The summed E-state index contributed by atoms with van der Waals surface area (Å²) >= 11 is 1.62. The monoisotopic (exact) mass is 415 g/mol. The van der Waals surface area contributed by atoms with Gasteiger partial charge < -0.3 is 9.15 Å². The van der Waals surface area contributed by atoms with Crippen LogP contribution < -0.4 is 0 Å². The first-order valence-corrected chi connectivity index (χ1v) is 10.9. The van der Waals surface area contributed by atoms with Crippen LogP contribution in [0.4, 0.5) is 0 Å². The van der Waals surface area contributed by atoms with Crippen molar-refractivity contribution in [2.75, 3.05) is 26.2 Å². The van der Waals surface area contributed by atoms with E-state index < -0.39 is 0 Å². The standard InChI is InChI=1S/C21H25N3O4S/c1-2-27-21(26)15-6-3-9-23(13-15)14-20(25)24-17(19-8-5-11-29-19)12-16(22-24)18-7-4-10-28-18/h4-5,7-8,10-11,15,17H,2-3,6,9,12-14H2,1H3. The third kappa shape index (κ3) is 4.43. The molecule has 1 saturated heterocycles. The lowest BCUT2D eigenvalue weighted by Gasteiger charge is -2.32. The van der Waals surface area contributed by atoms with Gasteiger partial charge in [0.05, 0.1) is 31.4 Å². The van der Waals surface area contributed by atoms with Crippen LogP contribution in [0.2, 0.25) is 0 Å². The van der Waals surface area contributed by atoms with Gasteiger partial charge in [-0.1, -0.05) is 6.07 Å². The molecule has 154 valence electrons. The minimum atomic E-state index is -0.166. The molecule has 4 heterocycles. The molecule has 0 aromatic carbocycles. The number of carbonyl (C=O) groups is 2. The first-order chi connectivity index (χ1) is 14.2. The quantitative estimate of drug-likeness (QED) is 0.677. The van der Waals surface area contributed by atoms with E-state index in [0.717, 1.165) is 30.0 Å². The highest BCUT2D eigenvalue weighted by Crippen LogP contribution is 2.35. The topological polar surface area (TPSA) is 75.3 Å². The SMILES string of the molecule is CCOC(=O)C1CCCN(CC(=O)N2N=C(c3ccco3)CC2c2cccs2)C1. The van der Waals surface area contributed by atoms with Gasteiger partial charge in [0.1, 0.15) is 11.5 Å². The van der Waals surface area contributed by atoms with Gasteiger partial charge in [0.15, 0.2) is 0 Å². The highest BCUT2D eigenvalue weighted by Gasteiger charge is 2.36. The fourth-order valence-corrected chi connectivity index (χ4v) is 4.76. The average molecular weight is 416 g/mol. The van der Waals surface area contributed by atoms with Crippen LogP contribution in [0.5, 0.6) is 0 Å². The summed E-state index contributed by atoms with van der Waals surface area (Å²) in [5.74, 6) is 0.308. The molecule has 2 aromatic heterocycles. The second kappa shape index (κ2) is 8.92. The molecule has 8 heteroatoms. The Morgan fingerprint density at radius 3 is 2.97 bits per heavy atom. The van der Waals surface area contributed by atoms with Gasteiger partial charge in [0, 0.05) is 17.8 Å². The third-order valence-electron chi connectivity index (χ3n) is 5.33. The van der Waals surface area contributed by atoms with Gasteiger partial charge in [0.2, 0.25) is 0 Å². The van der Waals surface area contributed by atoms with E-state index in [1.165, 1.54) is 0 Å². The molecule has 2 atom stereocenters. The van der Waals surface area contributed by atoms with Crippen molar-refractivity contribution in [2.24, 2.45) is 11.0 Å². The van der Waals surface area contributed by atoms with Gasteiger partial charge in [-0.15, -0.1) is 11.3 Å². The number of carbonyl (C=O) groups excluding carboxylic acids is 2. The fraction of sp³-hybridized carbons (Fsp3) is 0.476. The van der Waals surface area contributed by atoms with Crippen molar-refractivity contribution in [3.8, 4) is 0 Å². The Morgan fingerprint density at radius 2 is 2.24 bits per heavy atom. The van der Waals surface area contributed by atoms with Crippen molar-refractivity contribution in [3.63, 3.8) is 0 Å². The van der Waals surface area contributed by atoms with E-state index in [4.69, 9.17) is 9.15 Å². The largest absolute Gasteiger partial charge is 0.466 e. The molecule has 0 bridgehead atoms. The summed E-state index contributed by atoms with van der Waals surface area (Å²) in [5, 5.41) is 8.22. The number of hydrazone groups is 1. The van der Waals surface area contributed by atoms with Gasteiger partial charge in [-0.3, -0.25) is 14.5 Å². The summed E-state index contributed by atoms with van der Waals surface area (Å²) in [4.78, 5) is 28.4. The Morgan fingerprint density at radius 1 is 1.34 bits per heavy atom. The number of amides is 1. The molecule has 2 unspecified atom stereocenters. The molecular formula is C21H25N3O4S. The molecule has 0 aliphatic carbocycles. The number of hydrogen-bond acceptors (Lipinski definition) is 7. The van der Waals surface area contributed by atoms with Gasteiger partial charge >= 0.3 is 5.97 Å². The van der Waals surface area contributed by atoms with Crippen molar-refractivity contribution in [1.82, 2.24) is 9.91 Å². The molecule has 1 fully saturated rings. The van der Waals surface area contributed by atoms with Crippen LogP contribution >= 0.6 is 11.3 Å². The molecule has 2 aliphatic heterocycles. The zero-order valence-corrected chi connectivity index (χ0v) is 17.3. The van der Waals surface area contributed by atoms with E-state index in [1.54, 1.807) is 22.6 Å². The predicted molar refractivity (Wildman–Crippen MR) is 110 cm³/mol. The van der Waals surface area contributed by atoms with Gasteiger partial charge in [0.25, 0.3) is 5.91 Å². The smallest absolute Gasteiger partial charge is 0.310 e. The number of rotatable bonds is 6. The number of esters is 1. The zero-order chi connectivity index (χ0) is 20.2. The van der Waals surface area contributed by atoms with Crippen LogP contribution in [0.3, 0.4) is 0 Å². The van der Waals surface area contributed by atoms with Crippen molar-refractivity contribution in [1.29, 1.82) is 0 Å². The van der Waals surface area contributed by atoms with Crippen LogP contribution in [0.25, 0.3) is 0 Å². The summed E-state index contributed by atoms with van der Waals surface area (Å²) in [6.45, 7) is 3.79. The molecule has 0 N–H and O–H groups in total. The van der Waals surface area contributed by atoms with E-state index in [2.05, 4.69) is 5.10 Å². The number of nitrogens with zero attached hydrogens (tertiary/aromatic N) is 3. The maximum Gasteiger partial charge on any atom is 0.310 e. The van der Waals surface area contributed by atoms with Crippen LogP contribution in [0, 0.1) is 5.92 Å². The Hall–Kier alpha value is -2.45. The molecular weight excluding hydrogens is 390 g/mol. The minimum Gasteiger partial charge on any atom is -0.466 e. The average Bonchev–Trinajstić information content (AvgIpc) is 3.49. The van der Waals surface area contributed by atoms with E-state index >= 15 is 0 Å². The molecule has 0 spiro atoms. The highest BCUT2D eigenvalue weighted by atomic mass is 32.1. The predicted octanol–water partition coefficient (Wildman–Crippen LogP) is 3.29. The number of furan rings is 1. The maximum absolute atomic E-state index is 13.2. The van der Waals surface area contributed by atoms with Gasteiger partial charge in [-0.25, -0.2) is 5.01 Å². The fourth-order valence-electron chi connectivity index (χ4n) is 3.95. The van der Waals surface area contributed by atoms with Gasteiger partial charge in [-0.2, -0.15) is 5.10 Å². The van der Waals surface area contributed by atoms with Crippen LogP contribution in [0.15, 0.2) is 45.4 Å². The van der Waals surface area contributed by atoms with E-state index in [1.807, 2.05) is 41.5 Å². The van der Waals surface area contributed by atoms with Crippen molar-refractivity contribution in [3.05, 3.63) is 46.5 Å². The lowest BCUT2D eigenvalue weighted by Crippen LogP contribution is -2.44. The molecule has 0 radical (unpaired) electrons. The molecule has 29 heavy (non-hydrogen) atoms. The Kier molecular flexibility index (Phi) is 6.10. The molecule has 7 nitrogen and oxygen atoms in total. The van der Waals surface area contributed by atoms with Crippen molar-refractivity contribution < 1.29 is 18.7 Å². The normalized spacial score (nSPS) is 22.5. The summed E-state index contributed by atoms with van der Waals surface area (Å²) in [7, 11) is 0.